The van der Waals surface area contributed by atoms with E-state index in [-0.39, 0.29) is 17.6 Å². The van der Waals surface area contributed by atoms with Gasteiger partial charge in [0.25, 0.3) is 0 Å². The molecule has 0 bridgehead atoms. The predicted octanol–water partition coefficient (Wildman–Crippen LogP) is 0.920. The minimum Gasteiger partial charge on any atom is -0.373 e. The molecular formula is C17H25N3O3. The molecular weight excluding hydrogens is 294 g/mol. The van der Waals surface area contributed by atoms with Crippen LogP contribution in [0.15, 0.2) is 24.5 Å². The summed E-state index contributed by atoms with van der Waals surface area (Å²) in [7, 11) is 3.82. The van der Waals surface area contributed by atoms with E-state index < -0.39 is 0 Å². The number of pyridine rings is 1. The Hall–Kier alpha value is -1.50. The number of likely N-dealkylation sites (N-methyl/N-ethyl adjacent to an activating group) is 1. The third kappa shape index (κ3) is 4.07. The van der Waals surface area contributed by atoms with Crippen molar-refractivity contribution in [3.8, 4) is 0 Å². The fourth-order valence-corrected chi connectivity index (χ4v) is 3.23. The number of carbonyl (C=O) groups excluding carboxylic acids is 1. The van der Waals surface area contributed by atoms with Gasteiger partial charge in [-0.25, -0.2) is 0 Å². The Balaban J connectivity index is 1.47. The zero-order chi connectivity index (χ0) is 16.3. The largest absolute Gasteiger partial charge is 0.373 e. The highest BCUT2D eigenvalue weighted by Crippen LogP contribution is 2.35. The van der Waals surface area contributed by atoms with Crippen molar-refractivity contribution in [2.24, 2.45) is 0 Å². The van der Waals surface area contributed by atoms with E-state index in [1.54, 1.807) is 12.4 Å². The molecule has 0 radical (unpaired) electrons. The quantitative estimate of drug-likeness (QED) is 0.808. The van der Waals surface area contributed by atoms with Gasteiger partial charge < -0.3 is 19.3 Å². The topological polar surface area (TPSA) is 54.9 Å². The summed E-state index contributed by atoms with van der Waals surface area (Å²) in [6.45, 7) is 3.14. The summed E-state index contributed by atoms with van der Waals surface area (Å²) in [4.78, 5) is 19.8. The van der Waals surface area contributed by atoms with E-state index in [1.165, 1.54) is 0 Å². The number of aromatic nitrogens is 1. The zero-order valence-corrected chi connectivity index (χ0v) is 13.9. The van der Waals surface area contributed by atoms with Gasteiger partial charge >= 0.3 is 0 Å². The monoisotopic (exact) mass is 319 g/mol. The number of amides is 1. The molecule has 2 aliphatic rings. The van der Waals surface area contributed by atoms with Crippen LogP contribution in [0.1, 0.15) is 18.4 Å². The maximum Gasteiger partial charge on any atom is 0.236 e. The maximum atomic E-state index is 12.0. The minimum atomic E-state index is -0.191. The van der Waals surface area contributed by atoms with Gasteiger partial charge in [0.1, 0.15) is 5.60 Å². The summed E-state index contributed by atoms with van der Waals surface area (Å²) in [5.41, 5.74) is 0.945. The van der Waals surface area contributed by atoms with Crippen LogP contribution in [-0.2, 0) is 20.9 Å². The first-order chi connectivity index (χ1) is 11.1. The number of rotatable bonds is 5. The van der Waals surface area contributed by atoms with Crippen LogP contribution in [-0.4, -0.2) is 72.7 Å². The molecule has 23 heavy (non-hydrogen) atoms. The van der Waals surface area contributed by atoms with E-state index in [4.69, 9.17) is 9.47 Å². The Labute approximate surface area is 137 Å². The van der Waals surface area contributed by atoms with Crippen molar-refractivity contribution in [3.05, 3.63) is 30.1 Å². The Bertz CT molecular complexity index is 529. The fraction of sp³-hybridized carbons (Fsp3) is 0.647. The van der Waals surface area contributed by atoms with Gasteiger partial charge in [0, 0.05) is 25.4 Å². The molecule has 3 rings (SSSR count). The molecule has 2 fully saturated rings. The Morgan fingerprint density at radius 2 is 2.17 bits per heavy atom. The number of ether oxygens (including phenoxy) is 2. The fourth-order valence-electron chi connectivity index (χ4n) is 3.23. The summed E-state index contributed by atoms with van der Waals surface area (Å²) in [6, 6.07) is 3.94. The molecule has 1 amide bonds. The van der Waals surface area contributed by atoms with Crippen molar-refractivity contribution in [2.75, 3.05) is 40.3 Å². The van der Waals surface area contributed by atoms with E-state index in [9.17, 15) is 4.79 Å². The average molecular weight is 319 g/mol. The van der Waals surface area contributed by atoms with Gasteiger partial charge in [0.15, 0.2) is 0 Å². The third-order valence-corrected chi connectivity index (χ3v) is 4.45. The van der Waals surface area contributed by atoms with Gasteiger partial charge in [0.2, 0.25) is 5.91 Å². The maximum absolute atomic E-state index is 12.0. The summed E-state index contributed by atoms with van der Waals surface area (Å²) in [5, 5.41) is 0. The van der Waals surface area contributed by atoms with Crippen molar-refractivity contribution in [1.29, 1.82) is 0 Å². The first-order valence-corrected chi connectivity index (χ1v) is 8.13. The normalized spacial score (nSPS) is 23.1. The van der Waals surface area contributed by atoms with Crippen LogP contribution >= 0.6 is 0 Å². The zero-order valence-electron chi connectivity index (χ0n) is 13.9. The smallest absolute Gasteiger partial charge is 0.236 e. The number of nitrogens with zero attached hydrogens (tertiary/aromatic N) is 3. The molecule has 1 spiro atoms. The number of hydrogen-bond acceptors (Lipinski definition) is 5. The highest BCUT2D eigenvalue weighted by atomic mass is 16.5. The standard InChI is InChI=1S/C17H25N3O3/c1-19(2)10-16(21)20-12-17(13-20)9-15(5-8-23-17)22-11-14-3-6-18-7-4-14/h3-4,6-7,15H,5,8-13H2,1-2H3/t15-/m0/s1. The average Bonchev–Trinajstić information content (AvgIpc) is 2.51. The molecule has 0 saturated carbocycles. The molecule has 2 saturated heterocycles. The molecule has 0 unspecified atom stereocenters. The number of likely N-dealkylation sites (tertiary alicyclic amines) is 1. The lowest BCUT2D eigenvalue weighted by molar-refractivity contribution is -0.202. The molecule has 2 aliphatic heterocycles. The Morgan fingerprint density at radius 1 is 1.43 bits per heavy atom. The lowest BCUT2D eigenvalue weighted by atomic mass is 9.84. The van der Waals surface area contributed by atoms with Gasteiger partial charge in [-0.15, -0.1) is 0 Å². The highest BCUT2D eigenvalue weighted by Gasteiger charge is 2.49. The summed E-state index contributed by atoms with van der Waals surface area (Å²) in [5.74, 6) is 0.170. The van der Waals surface area contributed by atoms with Crippen molar-refractivity contribution in [1.82, 2.24) is 14.8 Å². The Morgan fingerprint density at radius 3 is 2.87 bits per heavy atom. The molecule has 1 atom stereocenters. The van der Waals surface area contributed by atoms with E-state index in [1.807, 2.05) is 36.0 Å². The van der Waals surface area contributed by atoms with Gasteiger partial charge in [-0.05, 0) is 38.2 Å². The minimum absolute atomic E-state index is 0.170. The van der Waals surface area contributed by atoms with Gasteiger partial charge in [-0.1, -0.05) is 0 Å². The number of carbonyl (C=O) groups is 1. The molecule has 6 nitrogen and oxygen atoms in total. The molecule has 126 valence electrons. The summed E-state index contributed by atoms with van der Waals surface area (Å²) >= 11 is 0. The van der Waals surface area contributed by atoms with Crippen LogP contribution in [0.3, 0.4) is 0 Å². The molecule has 3 heterocycles. The lowest BCUT2D eigenvalue weighted by Gasteiger charge is -2.53. The summed E-state index contributed by atoms with van der Waals surface area (Å²) in [6.07, 6.45) is 5.54. The lowest BCUT2D eigenvalue weighted by Crippen LogP contribution is -2.68. The number of hydrogen-bond donors (Lipinski definition) is 0. The van der Waals surface area contributed by atoms with Crippen molar-refractivity contribution < 1.29 is 14.3 Å². The van der Waals surface area contributed by atoms with E-state index in [0.717, 1.165) is 18.4 Å². The highest BCUT2D eigenvalue weighted by molar-refractivity contribution is 5.79. The molecule has 0 aliphatic carbocycles. The Kier molecular flexibility index (Phi) is 4.94. The predicted molar refractivity (Wildman–Crippen MR) is 85.9 cm³/mol. The van der Waals surface area contributed by atoms with Gasteiger partial charge in [-0.2, -0.15) is 0 Å². The second kappa shape index (κ2) is 6.95. The molecule has 1 aromatic heterocycles. The van der Waals surface area contributed by atoms with Crippen LogP contribution < -0.4 is 0 Å². The van der Waals surface area contributed by atoms with Crippen LogP contribution in [0.25, 0.3) is 0 Å². The van der Waals surface area contributed by atoms with E-state index in [2.05, 4.69) is 4.98 Å². The first kappa shape index (κ1) is 16.4. The molecule has 1 aromatic rings. The second-order valence-corrected chi connectivity index (χ2v) is 6.80. The van der Waals surface area contributed by atoms with E-state index in [0.29, 0.717) is 32.8 Å². The molecule has 6 heteroatoms. The van der Waals surface area contributed by atoms with Crippen molar-refractivity contribution in [2.45, 2.75) is 31.2 Å². The first-order valence-electron chi connectivity index (χ1n) is 8.13. The SMILES string of the molecule is CN(C)CC(=O)N1CC2(C[C@@H](OCc3ccncc3)CCO2)C1. The van der Waals surface area contributed by atoms with Crippen LogP contribution in [0.2, 0.25) is 0 Å². The van der Waals surface area contributed by atoms with Gasteiger partial charge in [0.05, 0.1) is 32.3 Å². The van der Waals surface area contributed by atoms with Crippen LogP contribution in [0.4, 0.5) is 0 Å². The second-order valence-electron chi connectivity index (χ2n) is 6.80. The third-order valence-electron chi connectivity index (χ3n) is 4.45. The van der Waals surface area contributed by atoms with Crippen LogP contribution in [0, 0.1) is 0 Å². The van der Waals surface area contributed by atoms with Crippen molar-refractivity contribution in [3.63, 3.8) is 0 Å². The van der Waals surface area contributed by atoms with Crippen molar-refractivity contribution >= 4 is 5.91 Å². The van der Waals surface area contributed by atoms with Crippen LogP contribution in [0.5, 0.6) is 0 Å². The molecule has 0 aromatic carbocycles. The molecule has 0 N–H and O–H groups in total. The van der Waals surface area contributed by atoms with E-state index >= 15 is 0 Å². The summed E-state index contributed by atoms with van der Waals surface area (Å²) < 4.78 is 12.0. The van der Waals surface area contributed by atoms with Gasteiger partial charge in [-0.3, -0.25) is 9.78 Å².